The van der Waals surface area contributed by atoms with E-state index in [9.17, 15) is 5.11 Å². The molecule has 0 saturated heterocycles. The molecule has 1 aliphatic rings. The molecule has 72 valence electrons. The van der Waals surface area contributed by atoms with Gasteiger partial charge in [0.2, 0.25) is 0 Å². The van der Waals surface area contributed by atoms with E-state index in [1.54, 1.807) is 0 Å². The van der Waals surface area contributed by atoms with Crippen LogP contribution < -0.4 is 0 Å². The van der Waals surface area contributed by atoms with Crippen molar-refractivity contribution in [2.45, 2.75) is 51.0 Å². The summed E-state index contributed by atoms with van der Waals surface area (Å²) in [6.45, 7) is 2.39. The minimum Gasteiger partial charge on any atom is -0.396 e. The summed E-state index contributed by atoms with van der Waals surface area (Å²) in [4.78, 5) is 0. The van der Waals surface area contributed by atoms with Crippen molar-refractivity contribution in [1.29, 1.82) is 0 Å². The molecule has 2 unspecified atom stereocenters. The van der Waals surface area contributed by atoms with Crippen LogP contribution >= 0.6 is 0 Å². The van der Waals surface area contributed by atoms with Crippen LogP contribution in [0.15, 0.2) is 0 Å². The first kappa shape index (κ1) is 10.0. The smallest absolute Gasteiger partial charge is 0.0681 e. The van der Waals surface area contributed by atoms with Crippen LogP contribution in [0.25, 0.3) is 0 Å². The number of hydrogen-bond acceptors (Lipinski definition) is 2. The van der Waals surface area contributed by atoms with Gasteiger partial charge in [0.1, 0.15) is 0 Å². The Balaban J connectivity index is 2.08. The van der Waals surface area contributed by atoms with Crippen LogP contribution in [-0.2, 0) is 0 Å². The van der Waals surface area contributed by atoms with Gasteiger partial charge in [0.15, 0.2) is 0 Å². The monoisotopic (exact) mass is 172 g/mol. The molecule has 0 amide bonds. The highest BCUT2D eigenvalue weighted by Crippen LogP contribution is 2.48. The van der Waals surface area contributed by atoms with Gasteiger partial charge in [-0.25, -0.2) is 0 Å². The molecule has 0 aliphatic heterocycles. The first-order valence-corrected chi connectivity index (χ1v) is 5.06. The maximum atomic E-state index is 9.84. The highest BCUT2D eigenvalue weighted by Gasteiger charge is 2.50. The Hall–Kier alpha value is -0.0800. The highest BCUT2D eigenvalue weighted by molar-refractivity contribution is 5.02. The molecule has 12 heavy (non-hydrogen) atoms. The average Bonchev–Trinajstić information content (AvgIpc) is 2.64. The van der Waals surface area contributed by atoms with Crippen molar-refractivity contribution in [1.82, 2.24) is 0 Å². The largest absolute Gasteiger partial charge is 0.396 e. The van der Waals surface area contributed by atoms with Crippen molar-refractivity contribution >= 4 is 0 Å². The molecule has 2 atom stereocenters. The number of aliphatic hydroxyl groups is 2. The lowest BCUT2D eigenvalue weighted by Crippen LogP contribution is -2.11. The predicted molar refractivity (Wildman–Crippen MR) is 48.9 cm³/mol. The van der Waals surface area contributed by atoms with E-state index >= 15 is 0 Å². The number of rotatable bonds is 6. The van der Waals surface area contributed by atoms with E-state index in [4.69, 9.17) is 5.11 Å². The van der Waals surface area contributed by atoms with Gasteiger partial charge in [0, 0.05) is 6.61 Å². The SMILES string of the molecule is CCCCCC1(O)CC1CCO. The van der Waals surface area contributed by atoms with E-state index in [-0.39, 0.29) is 6.61 Å². The van der Waals surface area contributed by atoms with Crippen molar-refractivity contribution in [3.8, 4) is 0 Å². The average molecular weight is 172 g/mol. The quantitative estimate of drug-likeness (QED) is 0.599. The Morgan fingerprint density at radius 3 is 2.75 bits per heavy atom. The van der Waals surface area contributed by atoms with E-state index in [0.717, 1.165) is 25.7 Å². The summed E-state index contributed by atoms with van der Waals surface area (Å²) in [6, 6.07) is 0. The van der Waals surface area contributed by atoms with Crippen LogP contribution in [0.4, 0.5) is 0 Å². The summed E-state index contributed by atoms with van der Waals surface area (Å²) >= 11 is 0. The molecular formula is C10H20O2. The van der Waals surface area contributed by atoms with E-state index in [0.29, 0.717) is 5.92 Å². The topological polar surface area (TPSA) is 40.5 Å². The lowest BCUT2D eigenvalue weighted by atomic mass is 10.1. The molecule has 1 fully saturated rings. The summed E-state index contributed by atoms with van der Waals surface area (Å²) in [5.74, 6) is 0.388. The van der Waals surface area contributed by atoms with Gasteiger partial charge in [-0.3, -0.25) is 0 Å². The fourth-order valence-corrected chi connectivity index (χ4v) is 1.88. The molecule has 0 bridgehead atoms. The third kappa shape index (κ3) is 2.46. The van der Waals surface area contributed by atoms with E-state index in [1.165, 1.54) is 12.8 Å². The van der Waals surface area contributed by atoms with Crippen molar-refractivity contribution in [3.05, 3.63) is 0 Å². The Morgan fingerprint density at radius 1 is 1.42 bits per heavy atom. The van der Waals surface area contributed by atoms with Gasteiger partial charge in [0.05, 0.1) is 5.60 Å². The second-order valence-electron chi connectivity index (χ2n) is 3.97. The lowest BCUT2D eigenvalue weighted by molar-refractivity contribution is 0.110. The fourth-order valence-electron chi connectivity index (χ4n) is 1.88. The summed E-state index contributed by atoms with van der Waals surface area (Å²) in [7, 11) is 0. The zero-order valence-corrected chi connectivity index (χ0v) is 7.92. The first-order chi connectivity index (χ1) is 5.73. The second-order valence-corrected chi connectivity index (χ2v) is 3.97. The lowest BCUT2D eigenvalue weighted by Gasteiger charge is -2.08. The summed E-state index contributed by atoms with van der Waals surface area (Å²) in [5, 5.41) is 18.5. The van der Waals surface area contributed by atoms with Gasteiger partial charge < -0.3 is 10.2 Å². The molecule has 0 aromatic heterocycles. The van der Waals surface area contributed by atoms with Crippen molar-refractivity contribution in [2.24, 2.45) is 5.92 Å². The van der Waals surface area contributed by atoms with Crippen molar-refractivity contribution in [3.63, 3.8) is 0 Å². The molecule has 2 N–H and O–H groups in total. The van der Waals surface area contributed by atoms with Crippen LogP contribution in [-0.4, -0.2) is 22.4 Å². The summed E-state index contributed by atoms with van der Waals surface area (Å²) in [6.07, 6.45) is 6.19. The van der Waals surface area contributed by atoms with Crippen LogP contribution in [0.3, 0.4) is 0 Å². The zero-order chi connectivity index (χ0) is 9.03. The van der Waals surface area contributed by atoms with Gasteiger partial charge in [-0.2, -0.15) is 0 Å². The molecule has 0 aromatic rings. The van der Waals surface area contributed by atoms with Gasteiger partial charge in [-0.1, -0.05) is 26.2 Å². The van der Waals surface area contributed by atoms with Gasteiger partial charge >= 0.3 is 0 Å². The van der Waals surface area contributed by atoms with Crippen LogP contribution in [0.2, 0.25) is 0 Å². The third-order valence-corrected chi connectivity index (χ3v) is 2.89. The van der Waals surface area contributed by atoms with E-state index in [1.807, 2.05) is 0 Å². The molecule has 1 aliphatic carbocycles. The van der Waals surface area contributed by atoms with Gasteiger partial charge in [0.25, 0.3) is 0 Å². The van der Waals surface area contributed by atoms with Crippen molar-refractivity contribution in [2.75, 3.05) is 6.61 Å². The Bertz CT molecular complexity index is 136. The van der Waals surface area contributed by atoms with E-state index < -0.39 is 5.60 Å². The standard InChI is InChI=1S/C10H20O2/c1-2-3-4-6-10(12)8-9(10)5-7-11/h9,11-12H,2-8H2,1H3. The van der Waals surface area contributed by atoms with Gasteiger partial charge in [-0.05, 0) is 25.2 Å². The maximum absolute atomic E-state index is 9.84. The highest BCUT2D eigenvalue weighted by atomic mass is 16.3. The van der Waals surface area contributed by atoms with E-state index in [2.05, 4.69) is 6.92 Å². The van der Waals surface area contributed by atoms with Gasteiger partial charge in [-0.15, -0.1) is 0 Å². The second kappa shape index (κ2) is 4.24. The summed E-state index contributed by atoms with van der Waals surface area (Å²) in [5.41, 5.74) is -0.391. The normalized spacial score (nSPS) is 33.8. The molecule has 0 spiro atoms. The Morgan fingerprint density at radius 2 is 2.17 bits per heavy atom. The minimum atomic E-state index is -0.391. The fraction of sp³-hybridized carbons (Fsp3) is 1.00. The molecule has 2 heteroatoms. The predicted octanol–water partition coefficient (Wildman–Crippen LogP) is 1.70. The number of aliphatic hydroxyl groups excluding tert-OH is 1. The molecule has 0 heterocycles. The Kier molecular flexibility index (Phi) is 3.53. The zero-order valence-electron chi connectivity index (χ0n) is 7.92. The number of hydrogen-bond donors (Lipinski definition) is 2. The molecule has 0 radical (unpaired) electrons. The third-order valence-electron chi connectivity index (χ3n) is 2.89. The minimum absolute atomic E-state index is 0.223. The molecule has 2 nitrogen and oxygen atoms in total. The molecular weight excluding hydrogens is 152 g/mol. The number of unbranched alkanes of at least 4 members (excludes halogenated alkanes) is 2. The van der Waals surface area contributed by atoms with Crippen LogP contribution in [0, 0.1) is 5.92 Å². The molecule has 1 saturated carbocycles. The van der Waals surface area contributed by atoms with Crippen LogP contribution in [0.5, 0.6) is 0 Å². The maximum Gasteiger partial charge on any atom is 0.0681 e. The first-order valence-electron chi connectivity index (χ1n) is 5.06. The van der Waals surface area contributed by atoms with Crippen molar-refractivity contribution < 1.29 is 10.2 Å². The Labute approximate surface area is 74.6 Å². The van der Waals surface area contributed by atoms with Crippen LogP contribution in [0.1, 0.15) is 45.4 Å². The molecule has 1 rings (SSSR count). The summed E-state index contributed by atoms with van der Waals surface area (Å²) < 4.78 is 0. The molecule has 0 aromatic carbocycles.